The molecule has 0 fully saturated rings. The molecule has 0 spiro atoms. The standard InChI is InChI=1S/C18H37NO/c1-3-4-5-6-7-8-9-10-11-12-13-14-15-17(2)18(19)16-20/h14-15,17-18,20H,3-13,16,19H2,1-2H3/b15-14+/t17?,18-/m0/s1. The minimum atomic E-state index is -0.112. The second-order valence-electron chi connectivity index (χ2n) is 6.10. The van der Waals surface area contributed by atoms with Crippen LogP contribution in [-0.4, -0.2) is 17.8 Å². The molecule has 0 rings (SSSR count). The van der Waals surface area contributed by atoms with Crippen LogP contribution in [0.4, 0.5) is 0 Å². The van der Waals surface area contributed by atoms with Crippen LogP contribution in [0.1, 0.15) is 84.5 Å². The first-order chi connectivity index (χ1) is 9.72. The van der Waals surface area contributed by atoms with Crippen molar-refractivity contribution in [3.8, 4) is 0 Å². The largest absolute Gasteiger partial charge is 0.395 e. The predicted octanol–water partition coefficient (Wildman–Crippen LogP) is 4.81. The third-order valence-electron chi connectivity index (χ3n) is 4.05. The number of hydrogen-bond acceptors (Lipinski definition) is 2. The SMILES string of the molecule is CCCCCCCCCCCC/C=C/C(C)[C@@H](N)CO. The Balaban J connectivity index is 3.22. The van der Waals surface area contributed by atoms with Crippen molar-refractivity contribution in [1.82, 2.24) is 0 Å². The van der Waals surface area contributed by atoms with E-state index in [9.17, 15) is 0 Å². The molecule has 0 aliphatic carbocycles. The Morgan fingerprint density at radius 2 is 1.40 bits per heavy atom. The van der Waals surface area contributed by atoms with Gasteiger partial charge in [-0.3, -0.25) is 0 Å². The average molecular weight is 284 g/mol. The van der Waals surface area contributed by atoms with Gasteiger partial charge in [0.2, 0.25) is 0 Å². The van der Waals surface area contributed by atoms with Crippen molar-refractivity contribution in [1.29, 1.82) is 0 Å². The first-order valence-corrected chi connectivity index (χ1v) is 8.75. The summed E-state index contributed by atoms with van der Waals surface area (Å²) >= 11 is 0. The summed E-state index contributed by atoms with van der Waals surface area (Å²) in [7, 11) is 0. The monoisotopic (exact) mass is 283 g/mol. The normalized spacial score (nSPS) is 14.8. The molecule has 0 aliphatic heterocycles. The van der Waals surface area contributed by atoms with Crippen molar-refractivity contribution in [3.63, 3.8) is 0 Å². The zero-order chi connectivity index (χ0) is 15.1. The first-order valence-electron chi connectivity index (χ1n) is 8.75. The maximum absolute atomic E-state index is 8.94. The van der Waals surface area contributed by atoms with Crippen LogP contribution in [0.2, 0.25) is 0 Å². The van der Waals surface area contributed by atoms with Gasteiger partial charge in [0.15, 0.2) is 0 Å². The number of rotatable bonds is 14. The van der Waals surface area contributed by atoms with Gasteiger partial charge in [-0.1, -0.05) is 83.8 Å². The van der Waals surface area contributed by atoms with Crippen LogP contribution >= 0.6 is 0 Å². The van der Waals surface area contributed by atoms with E-state index < -0.39 is 0 Å². The van der Waals surface area contributed by atoms with Crippen LogP contribution in [0.5, 0.6) is 0 Å². The molecular formula is C18H37NO. The Morgan fingerprint density at radius 1 is 0.900 bits per heavy atom. The number of aliphatic hydroxyl groups is 1. The maximum Gasteiger partial charge on any atom is 0.0588 e. The molecule has 2 heteroatoms. The molecule has 0 saturated heterocycles. The molecule has 120 valence electrons. The molecule has 3 N–H and O–H groups in total. The summed E-state index contributed by atoms with van der Waals surface area (Å²) < 4.78 is 0. The minimum absolute atomic E-state index is 0.0732. The van der Waals surface area contributed by atoms with Crippen molar-refractivity contribution in [3.05, 3.63) is 12.2 Å². The van der Waals surface area contributed by atoms with Crippen molar-refractivity contribution in [2.24, 2.45) is 11.7 Å². The minimum Gasteiger partial charge on any atom is -0.395 e. The molecule has 0 aromatic heterocycles. The highest BCUT2D eigenvalue weighted by molar-refractivity contribution is 4.90. The van der Waals surface area contributed by atoms with Gasteiger partial charge in [-0.2, -0.15) is 0 Å². The fraction of sp³-hybridized carbons (Fsp3) is 0.889. The van der Waals surface area contributed by atoms with Crippen LogP contribution in [0.25, 0.3) is 0 Å². The van der Waals surface area contributed by atoms with Gasteiger partial charge >= 0.3 is 0 Å². The van der Waals surface area contributed by atoms with Crippen molar-refractivity contribution in [2.75, 3.05) is 6.61 Å². The van der Waals surface area contributed by atoms with Crippen molar-refractivity contribution < 1.29 is 5.11 Å². The van der Waals surface area contributed by atoms with Crippen molar-refractivity contribution in [2.45, 2.75) is 90.5 Å². The van der Waals surface area contributed by atoms with Crippen LogP contribution in [0.3, 0.4) is 0 Å². The van der Waals surface area contributed by atoms with E-state index in [0.29, 0.717) is 0 Å². The van der Waals surface area contributed by atoms with E-state index in [-0.39, 0.29) is 18.6 Å². The molecule has 0 radical (unpaired) electrons. The van der Waals surface area contributed by atoms with E-state index in [1.807, 2.05) is 0 Å². The highest BCUT2D eigenvalue weighted by Gasteiger charge is 2.06. The Labute approximate surface area is 126 Å². The van der Waals surface area contributed by atoms with E-state index in [0.717, 1.165) is 6.42 Å². The molecule has 0 bridgehead atoms. The van der Waals surface area contributed by atoms with Gasteiger partial charge in [-0.05, 0) is 18.8 Å². The molecule has 0 amide bonds. The Morgan fingerprint density at radius 3 is 1.90 bits per heavy atom. The zero-order valence-corrected chi connectivity index (χ0v) is 13.8. The molecule has 0 aliphatic rings. The second-order valence-corrected chi connectivity index (χ2v) is 6.10. The molecule has 0 heterocycles. The summed E-state index contributed by atoms with van der Waals surface area (Å²) in [5.41, 5.74) is 5.75. The summed E-state index contributed by atoms with van der Waals surface area (Å²) in [5.74, 6) is 0.281. The lowest BCUT2D eigenvalue weighted by Gasteiger charge is -2.12. The topological polar surface area (TPSA) is 46.2 Å². The van der Waals surface area contributed by atoms with Crippen LogP contribution in [0.15, 0.2) is 12.2 Å². The molecule has 2 atom stereocenters. The Kier molecular flexibility index (Phi) is 14.8. The van der Waals surface area contributed by atoms with E-state index in [1.54, 1.807) is 0 Å². The van der Waals surface area contributed by atoms with Gasteiger partial charge in [0.05, 0.1) is 6.61 Å². The summed E-state index contributed by atoms with van der Waals surface area (Å²) in [5, 5.41) is 8.94. The van der Waals surface area contributed by atoms with Gasteiger partial charge in [0, 0.05) is 6.04 Å². The molecular weight excluding hydrogens is 246 g/mol. The van der Waals surface area contributed by atoms with E-state index >= 15 is 0 Å². The smallest absolute Gasteiger partial charge is 0.0588 e. The van der Waals surface area contributed by atoms with Crippen LogP contribution in [-0.2, 0) is 0 Å². The van der Waals surface area contributed by atoms with E-state index in [4.69, 9.17) is 10.8 Å². The summed E-state index contributed by atoms with van der Waals surface area (Å²) in [4.78, 5) is 0. The van der Waals surface area contributed by atoms with Gasteiger partial charge < -0.3 is 10.8 Å². The van der Waals surface area contributed by atoms with Crippen molar-refractivity contribution >= 4 is 0 Å². The average Bonchev–Trinajstić information content (AvgIpc) is 2.47. The highest BCUT2D eigenvalue weighted by atomic mass is 16.3. The number of aliphatic hydroxyl groups excluding tert-OH is 1. The highest BCUT2D eigenvalue weighted by Crippen LogP contribution is 2.12. The lowest BCUT2D eigenvalue weighted by Crippen LogP contribution is -2.30. The van der Waals surface area contributed by atoms with Gasteiger partial charge in [0.25, 0.3) is 0 Å². The summed E-state index contributed by atoms with van der Waals surface area (Å²) in [6.45, 7) is 4.41. The van der Waals surface area contributed by atoms with E-state index in [2.05, 4.69) is 26.0 Å². The third kappa shape index (κ3) is 12.7. The zero-order valence-electron chi connectivity index (χ0n) is 13.8. The second kappa shape index (κ2) is 15.1. The first kappa shape index (κ1) is 19.7. The number of allylic oxidation sites excluding steroid dienone is 1. The van der Waals surface area contributed by atoms with Gasteiger partial charge in [0.1, 0.15) is 0 Å². The number of hydrogen-bond donors (Lipinski definition) is 2. The number of unbranched alkanes of at least 4 members (excludes halogenated alkanes) is 10. The molecule has 1 unspecified atom stereocenters. The lowest BCUT2D eigenvalue weighted by atomic mass is 10.0. The predicted molar refractivity (Wildman–Crippen MR) is 89.8 cm³/mol. The van der Waals surface area contributed by atoms with Crippen LogP contribution in [0, 0.1) is 5.92 Å². The van der Waals surface area contributed by atoms with Crippen LogP contribution < -0.4 is 5.73 Å². The molecule has 0 aromatic carbocycles. The maximum atomic E-state index is 8.94. The summed E-state index contributed by atoms with van der Waals surface area (Å²) in [6.07, 6.45) is 19.4. The molecule has 20 heavy (non-hydrogen) atoms. The molecule has 2 nitrogen and oxygen atoms in total. The summed E-state index contributed by atoms with van der Waals surface area (Å²) in [6, 6.07) is -0.112. The lowest BCUT2D eigenvalue weighted by molar-refractivity contribution is 0.246. The quantitative estimate of drug-likeness (QED) is 0.355. The Bertz CT molecular complexity index is 215. The van der Waals surface area contributed by atoms with E-state index in [1.165, 1.54) is 64.2 Å². The molecule has 0 saturated carbocycles. The van der Waals surface area contributed by atoms with Gasteiger partial charge in [-0.25, -0.2) is 0 Å². The fourth-order valence-corrected chi connectivity index (χ4v) is 2.37. The van der Waals surface area contributed by atoms with Gasteiger partial charge in [-0.15, -0.1) is 0 Å². The molecule has 0 aromatic rings. The Hall–Kier alpha value is -0.340. The number of nitrogens with two attached hydrogens (primary N) is 1. The fourth-order valence-electron chi connectivity index (χ4n) is 2.37. The third-order valence-corrected chi connectivity index (χ3v) is 4.05.